The van der Waals surface area contributed by atoms with Gasteiger partial charge in [-0.15, -0.1) is 0 Å². The van der Waals surface area contributed by atoms with E-state index in [2.05, 4.69) is 10.6 Å². The molecule has 0 aliphatic rings. The lowest BCUT2D eigenvalue weighted by atomic mass is 9.98. The molecule has 0 aliphatic carbocycles. The molecule has 2 rings (SSSR count). The predicted octanol–water partition coefficient (Wildman–Crippen LogP) is 2.99. The van der Waals surface area contributed by atoms with Crippen LogP contribution in [-0.2, 0) is 0 Å². The van der Waals surface area contributed by atoms with Gasteiger partial charge in [0.15, 0.2) is 0 Å². The number of amides is 2. The number of urea groups is 1. The average Bonchev–Trinajstić information content (AvgIpc) is 3.01. The summed E-state index contributed by atoms with van der Waals surface area (Å²) in [5.41, 5.74) is 3.45. The number of carbonyl (C=O) groups is 1. The summed E-state index contributed by atoms with van der Waals surface area (Å²) in [5.74, 6) is 0.433. The minimum absolute atomic E-state index is 0.0961. The zero-order valence-corrected chi connectivity index (χ0v) is 13.1. The van der Waals surface area contributed by atoms with Crippen molar-refractivity contribution in [3.05, 3.63) is 59.0 Å². The highest BCUT2D eigenvalue weighted by atomic mass is 16.4. The third-order valence-corrected chi connectivity index (χ3v) is 3.79. The van der Waals surface area contributed by atoms with Crippen LogP contribution in [0.3, 0.4) is 0 Å². The monoisotopic (exact) mass is 302 g/mol. The topological polar surface area (TPSA) is 74.5 Å². The fourth-order valence-electron chi connectivity index (χ4n) is 2.34. The molecule has 2 amide bonds. The van der Waals surface area contributed by atoms with Crippen LogP contribution in [0.1, 0.15) is 41.5 Å². The van der Waals surface area contributed by atoms with Gasteiger partial charge in [-0.25, -0.2) is 4.79 Å². The minimum atomic E-state index is -0.850. The third kappa shape index (κ3) is 3.89. The summed E-state index contributed by atoms with van der Waals surface area (Å²) in [6, 6.07) is 8.97. The van der Waals surface area contributed by atoms with Crippen molar-refractivity contribution >= 4 is 6.03 Å². The normalized spacial score (nSPS) is 13.5. The van der Waals surface area contributed by atoms with Crippen LogP contribution in [0.5, 0.6) is 0 Å². The molecule has 1 aromatic heterocycles. The van der Waals surface area contributed by atoms with E-state index in [0.717, 1.165) is 5.56 Å². The van der Waals surface area contributed by atoms with Crippen LogP contribution in [-0.4, -0.2) is 17.7 Å². The molecule has 2 atom stereocenters. The predicted molar refractivity (Wildman–Crippen MR) is 84.5 cm³/mol. The van der Waals surface area contributed by atoms with Gasteiger partial charge < -0.3 is 20.2 Å². The second-order valence-corrected chi connectivity index (χ2v) is 5.40. The van der Waals surface area contributed by atoms with E-state index in [1.54, 1.807) is 12.1 Å². The van der Waals surface area contributed by atoms with Crippen molar-refractivity contribution in [2.24, 2.45) is 0 Å². The van der Waals surface area contributed by atoms with E-state index < -0.39 is 6.10 Å². The first-order valence-corrected chi connectivity index (χ1v) is 7.31. The molecule has 1 aromatic carbocycles. The van der Waals surface area contributed by atoms with Crippen LogP contribution in [0.2, 0.25) is 0 Å². The Bertz CT molecular complexity index is 623. The van der Waals surface area contributed by atoms with Gasteiger partial charge in [0.2, 0.25) is 0 Å². The average molecular weight is 302 g/mol. The number of aliphatic hydroxyl groups excluding tert-OH is 1. The zero-order valence-electron chi connectivity index (χ0n) is 13.1. The number of hydrogen-bond donors (Lipinski definition) is 3. The Hall–Kier alpha value is -2.27. The molecule has 22 heavy (non-hydrogen) atoms. The van der Waals surface area contributed by atoms with Crippen LogP contribution in [0.25, 0.3) is 0 Å². The summed E-state index contributed by atoms with van der Waals surface area (Å²) in [4.78, 5) is 11.9. The van der Waals surface area contributed by atoms with Crippen molar-refractivity contribution < 1.29 is 14.3 Å². The maximum absolute atomic E-state index is 11.9. The lowest BCUT2D eigenvalue weighted by molar-refractivity contribution is 0.147. The Morgan fingerprint density at radius 2 is 2.05 bits per heavy atom. The Labute approximate surface area is 130 Å². The molecule has 1 heterocycles. The quantitative estimate of drug-likeness (QED) is 0.795. The summed E-state index contributed by atoms with van der Waals surface area (Å²) in [7, 11) is 0. The molecule has 0 aliphatic heterocycles. The van der Waals surface area contributed by atoms with Crippen LogP contribution in [0.4, 0.5) is 4.79 Å². The van der Waals surface area contributed by atoms with Crippen LogP contribution < -0.4 is 10.6 Å². The molecule has 2 unspecified atom stereocenters. The van der Waals surface area contributed by atoms with Gasteiger partial charge in [-0.1, -0.05) is 18.2 Å². The summed E-state index contributed by atoms with van der Waals surface area (Å²) in [6.07, 6.45) is 0.637. The number of rotatable bonds is 5. The summed E-state index contributed by atoms with van der Waals surface area (Å²) < 4.78 is 5.09. The molecule has 0 saturated carbocycles. The smallest absolute Gasteiger partial charge is 0.315 e. The van der Waals surface area contributed by atoms with Gasteiger partial charge in [0.05, 0.1) is 18.8 Å². The number of hydrogen-bond acceptors (Lipinski definition) is 3. The maximum atomic E-state index is 11.9. The molecular formula is C17H22N2O3. The minimum Gasteiger partial charge on any atom is -0.467 e. The molecule has 0 bridgehead atoms. The van der Waals surface area contributed by atoms with Gasteiger partial charge in [-0.05, 0) is 49.6 Å². The SMILES string of the molecule is Cc1cccc(C(C)NC(=O)NCC(O)c2ccco2)c1C. The fraction of sp³-hybridized carbons (Fsp3) is 0.353. The second-order valence-electron chi connectivity index (χ2n) is 5.40. The highest BCUT2D eigenvalue weighted by molar-refractivity contribution is 5.74. The van der Waals surface area contributed by atoms with Gasteiger partial charge in [-0.3, -0.25) is 0 Å². The molecule has 0 spiro atoms. The molecule has 5 nitrogen and oxygen atoms in total. The van der Waals surface area contributed by atoms with E-state index in [1.165, 1.54) is 17.4 Å². The largest absolute Gasteiger partial charge is 0.467 e. The second kappa shape index (κ2) is 7.13. The molecule has 118 valence electrons. The van der Waals surface area contributed by atoms with E-state index in [-0.39, 0.29) is 18.6 Å². The number of carbonyl (C=O) groups excluding carboxylic acids is 1. The number of benzene rings is 1. The first-order valence-electron chi connectivity index (χ1n) is 7.31. The van der Waals surface area contributed by atoms with Crippen molar-refractivity contribution in [1.29, 1.82) is 0 Å². The van der Waals surface area contributed by atoms with Crippen molar-refractivity contribution in [2.45, 2.75) is 32.9 Å². The Morgan fingerprint density at radius 3 is 2.73 bits per heavy atom. The van der Waals surface area contributed by atoms with Crippen molar-refractivity contribution in [3.8, 4) is 0 Å². The van der Waals surface area contributed by atoms with E-state index in [0.29, 0.717) is 5.76 Å². The number of furan rings is 1. The number of aliphatic hydroxyl groups is 1. The van der Waals surface area contributed by atoms with Crippen molar-refractivity contribution in [3.63, 3.8) is 0 Å². The molecule has 0 radical (unpaired) electrons. The highest BCUT2D eigenvalue weighted by Crippen LogP contribution is 2.20. The summed E-state index contributed by atoms with van der Waals surface area (Å²) >= 11 is 0. The van der Waals surface area contributed by atoms with Gasteiger partial charge >= 0.3 is 6.03 Å². The molecule has 3 N–H and O–H groups in total. The highest BCUT2D eigenvalue weighted by Gasteiger charge is 2.15. The molecular weight excluding hydrogens is 280 g/mol. The lowest BCUT2D eigenvalue weighted by Gasteiger charge is -2.19. The van der Waals surface area contributed by atoms with E-state index >= 15 is 0 Å². The summed E-state index contributed by atoms with van der Waals surface area (Å²) in [5, 5.41) is 15.4. The van der Waals surface area contributed by atoms with Crippen LogP contribution in [0, 0.1) is 13.8 Å². The van der Waals surface area contributed by atoms with Crippen LogP contribution >= 0.6 is 0 Å². The molecule has 0 fully saturated rings. The van der Waals surface area contributed by atoms with Crippen molar-refractivity contribution in [2.75, 3.05) is 6.54 Å². The first-order chi connectivity index (χ1) is 10.5. The van der Waals surface area contributed by atoms with Crippen LogP contribution in [0.15, 0.2) is 41.0 Å². The van der Waals surface area contributed by atoms with Gasteiger partial charge in [-0.2, -0.15) is 0 Å². The Kier molecular flexibility index (Phi) is 5.22. The first kappa shape index (κ1) is 16.1. The lowest BCUT2D eigenvalue weighted by Crippen LogP contribution is -2.39. The maximum Gasteiger partial charge on any atom is 0.315 e. The summed E-state index contributed by atoms with van der Waals surface area (Å²) in [6.45, 7) is 6.12. The van der Waals surface area contributed by atoms with Gasteiger partial charge in [0.1, 0.15) is 11.9 Å². The van der Waals surface area contributed by atoms with E-state index in [9.17, 15) is 9.90 Å². The molecule has 5 heteroatoms. The standard InChI is InChI=1S/C17H22N2O3/c1-11-6-4-7-14(12(11)2)13(3)19-17(21)18-10-15(20)16-8-5-9-22-16/h4-9,13,15,20H,10H2,1-3H3,(H2,18,19,21). The van der Waals surface area contributed by atoms with E-state index in [4.69, 9.17) is 4.42 Å². The van der Waals surface area contributed by atoms with Gasteiger partial charge in [0, 0.05) is 0 Å². The third-order valence-electron chi connectivity index (χ3n) is 3.79. The van der Waals surface area contributed by atoms with Crippen molar-refractivity contribution in [1.82, 2.24) is 10.6 Å². The molecule has 0 saturated heterocycles. The Balaban J connectivity index is 1.87. The fourth-order valence-corrected chi connectivity index (χ4v) is 2.34. The zero-order chi connectivity index (χ0) is 16.1. The Morgan fingerprint density at radius 1 is 1.27 bits per heavy atom. The van der Waals surface area contributed by atoms with E-state index in [1.807, 2.05) is 39.0 Å². The number of aryl methyl sites for hydroxylation is 1. The molecule has 2 aromatic rings. The van der Waals surface area contributed by atoms with Gasteiger partial charge in [0.25, 0.3) is 0 Å². The number of nitrogens with one attached hydrogen (secondary N) is 2.